The number of rotatable bonds is 2. The van der Waals surface area contributed by atoms with Gasteiger partial charge in [-0.2, -0.15) is 0 Å². The van der Waals surface area contributed by atoms with E-state index in [4.69, 9.17) is 4.74 Å². The Bertz CT molecular complexity index is 852. The summed E-state index contributed by atoms with van der Waals surface area (Å²) >= 11 is 1.35. The van der Waals surface area contributed by atoms with Crippen LogP contribution in [0.3, 0.4) is 0 Å². The molecule has 3 nitrogen and oxygen atoms in total. The molecule has 1 atom stereocenters. The second-order valence-electron chi connectivity index (χ2n) is 5.06. The van der Waals surface area contributed by atoms with E-state index >= 15 is 0 Å². The molecule has 22 heavy (non-hydrogen) atoms. The van der Waals surface area contributed by atoms with Crippen LogP contribution in [-0.2, 0) is 0 Å². The van der Waals surface area contributed by atoms with Crippen LogP contribution in [0.2, 0.25) is 0 Å². The van der Waals surface area contributed by atoms with Crippen molar-refractivity contribution in [2.45, 2.75) is 6.10 Å². The smallest absolute Gasteiger partial charge is 0.163 e. The van der Waals surface area contributed by atoms with E-state index in [0.29, 0.717) is 21.9 Å². The fraction of sp³-hybridized carbons (Fsp3) is 0.0556. The number of benzene rings is 2. The van der Waals surface area contributed by atoms with Gasteiger partial charge in [-0.05, 0) is 11.6 Å². The highest BCUT2D eigenvalue weighted by molar-refractivity contribution is 7.17. The molecule has 1 aliphatic rings. The third kappa shape index (κ3) is 1.89. The van der Waals surface area contributed by atoms with E-state index in [-0.39, 0.29) is 0 Å². The monoisotopic (exact) mass is 308 g/mol. The van der Waals surface area contributed by atoms with Crippen LogP contribution in [0.15, 0.2) is 54.6 Å². The molecule has 4 heteroatoms. The Balaban J connectivity index is 1.96. The fourth-order valence-electron chi connectivity index (χ4n) is 2.75. The zero-order valence-electron chi connectivity index (χ0n) is 11.5. The lowest BCUT2D eigenvalue weighted by Gasteiger charge is -2.23. The summed E-state index contributed by atoms with van der Waals surface area (Å²) in [5.74, 6) is 1.08. The molecule has 1 aliphatic heterocycles. The second-order valence-corrected chi connectivity index (χ2v) is 6.12. The summed E-state index contributed by atoms with van der Waals surface area (Å²) < 4.78 is 5.89. The number of carbonyl (C=O) groups is 1. The number of para-hydroxylation sites is 1. The van der Waals surface area contributed by atoms with E-state index in [9.17, 15) is 9.90 Å². The van der Waals surface area contributed by atoms with Gasteiger partial charge in [0, 0.05) is 16.0 Å². The lowest BCUT2D eigenvalue weighted by molar-refractivity contribution is 0.112. The third-order valence-corrected chi connectivity index (χ3v) is 4.93. The SMILES string of the molecule is O=Cc1sc(-c2ccccc2)c2c1Oc1ccccc1C2O. The molecule has 0 spiro atoms. The number of aliphatic hydroxyl groups is 1. The number of carbonyl (C=O) groups excluding carboxylic acids is 1. The van der Waals surface area contributed by atoms with Crippen LogP contribution in [0.25, 0.3) is 10.4 Å². The maximum atomic E-state index is 11.4. The van der Waals surface area contributed by atoms with Gasteiger partial charge in [-0.15, -0.1) is 11.3 Å². The second kappa shape index (κ2) is 5.09. The van der Waals surface area contributed by atoms with Gasteiger partial charge in [-0.1, -0.05) is 48.5 Å². The van der Waals surface area contributed by atoms with Gasteiger partial charge in [0.1, 0.15) is 16.7 Å². The molecular formula is C18H12O3S. The largest absolute Gasteiger partial charge is 0.455 e. The predicted octanol–water partition coefficient (Wildman–Crippen LogP) is 4.42. The van der Waals surface area contributed by atoms with E-state index in [2.05, 4.69) is 0 Å². The van der Waals surface area contributed by atoms with Crippen LogP contribution in [-0.4, -0.2) is 11.4 Å². The summed E-state index contributed by atoms with van der Waals surface area (Å²) in [6.07, 6.45) is -0.00328. The first-order valence-corrected chi connectivity index (χ1v) is 7.73. The first-order chi connectivity index (χ1) is 10.8. The van der Waals surface area contributed by atoms with Gasteiger partial charge in [-0.25, -0.2) is 0 Å². The van der Waals surface area contributed by atoms with Gasteiger partial charge in [0.2, 0.25) is 0 Å². The standard InChI is InChI=1S/C18H12O3S/c19-10-14-17-15(18(22-14)11-6-2-1-3-7-11)16(20)12-8-4-5-9-13(12)21-17/h1-10,16,20H. The number of hydrogen-bond acceptors (Lipinski definition) is 4. The van der Waals surface area contributed by atoms with Crippen LogP contribution >= 0.6 is 11.3 Å². The zero-order chi connectivity index (χ0) is 15.1. The summed E-state index contributed by atoms with van der Waals surface area (Å²) in [5, 5.41) is 10.8. The zero-order valence-corrected chi connectivity index (χ0v) is 12.3. The highest BCUT2D eigenvalue weighted by Crippen LogP contribution is 2.52. The number of ether oxygens (including phenoxy) is 1. The first kappa shape index (κ1) is 13.2. The quantitative estimate of drug-likeness (QED) is 0.713. The maximum Gasteiger partial charge on any atom is 0.163 e. The van der Waals surface area contributed by atoms with Crippen LogP contribution < -0.4 is 4.74 Å². The van der Waals surface area contributed by atoms with Crippen molar-refractivity contribution in [3.63, 3.8) is 0 Å². The number of hydrogen-bond donors (Lipinski definition) is 1. The van der Waals surface area contributed by atoms with Crippen LogP contribution in [0.5, 0.6) is 11.5 Å². The molecule has 0 radical (unpaired) electrons. The van der Waals surface area contributed by atoms with Crippen molar-refractivity contribution in [3.05, 3.63) is 70.6 Å². The van der Waals surface area contributed by atoms with Crippen molar-refractivity contribution in [1.82, 2.24) is 0 Å². The molecule has 2 aromatic carbocycles. The predicted molar refractivity (Wildman–Crippen MR) is 85.7 cm³/mol. The minimum absolute atomic E-state index is 0.477. The van der Waals surface area contributed by atoms with Crippen molar-refractivity contribution in [2.24, 2.45) is 0 Å². The summed E-state index contributed by atoms with van der Waals surface area (Å²) in [6, 6.07) is 17.1. The Hall–Kier alpha value is -2.43. The van der Waals surface area contributed by atoms with Gasteiger partial charge in [0.05, 0.1) is 0 Å². The van der Waals surface area contributed by atoms with Crippen molar-refractivity contribution in [3.8, 4) is 21.9 Å². The first-order valence-electron chi connectivity index (χ1n) is 6.91. The van der Waals surface area contributed by atoms with Crippen molar-refractivity contribution in [1.29, 1.82) is 0 Å². The molecule has 108 valence electrons. The van der Waals surface area contributed by atoms with E-state index < -0.39 is 6.10 Å². The number of aldehydes is 1. The Morgan fingerprint density at radius 2 is 1.77 bits per heavy atom. The van der Waals surface area contributed by atoms with Gasteiger partial charge in [-0.3, -0.25) is 4.79 Å². The van der Waals surface area contributed by atoms with Crippen molar-refractivity contribution < 1.29 is 14.6 Å². The lowest BCUT2D eigenvalue weighted by atomic mass is 9.95. The fourth-order valence-corrected chi connectivity index (χ4v) is 3.83. The van der Waals surface area contributed by atoms with Crippen molar-refractivity contribution in [2.75, 3.05) is 0 Å². The minimum Gasteiger partial charge on any atom is -0.455 e. The van der Waals surface area contributed by atoms with E-state index in [1.807, 2.05) is 48.5 Å². The molecule has 0 amide bonds. The van der Waals surface area contributed by atoms with Gasteiger partial charge in [0.15, 0.2) is 12.0 Å². The Morgan fingerprint density at radius 3 is 2.55 bits per heavy atom. The van der Waals surface area contributed by atoms with Crippen LogP contribution in [0.4, 0.5) is 0 Å². The number of aliphatic hydroxyl groups excluding tert-OH is 1. The molecule has 1 unspecified atom stereocenters. The van der Waals surface area contributed by atoms with Crippen LogP contribution in [0, 0.1) is 0 Å². The molecule has 0 fully saturated rings. The Kier molecular flexibility index (Phi) is 3.06. The summed E-state index contributed by atoms with van der Waals surface area (Å²) in [6.45, 7) is 0. The average Bonchev–Trinajstić information content (AvgIpc) is 2.95. The molecular weight excluding hydrogens is 296 g/mol. The van der Waals surface area contributed by atoms with E-state index in [1.165, 1.54) is 11.3 Å². The van der Waals surface area contributed by atoms with Gasteiger partial charge < -0.3 is 9.84 Å². The molecule has 0 aliphatic carbocycles. The van der Waals surface area contributed by atoms with Gasteiger partial charge >= 0.3 is 0 Å². The molecule has 4 rings (SSSR count). The summed E-state index contributed by atoms with van der Waals surface area (Å²) in [7, 11) is 0. The normalized spacial score (nSPS) is 15.6. The van der Waals surface area contributed by atoms with Gasteiger partial charge in [0.25, 0.3) is 0 Å². The molecule has 2 heterocycles. The molecule has 0 saturated carbocycles. The molecule has 1 N–H and O–H groups in total. The lowest BCUT2D eigenvalue weighted by Crippen LogP contribution is -2.09. The third-order valence-electron chi connectivity index (χ3n) is 3.77. The number of fused-ring (bicyclic) bond motifs is 2. The summed E-state index contributed by atoms with van der Waals surface area (Å²) in [5.41, 5.74) is 2.37. The minimum atomic E-state index is -0.792. The molecule has 1 aromatic heterocycles. The molecule has 0 bridgehead atoms. The summed E-state index contributed by atoms with van der Waals surface area (Å²) in [4.78, 5) is 12.8. The molecule has 0 saturated heterocycles. The Morgan fingerprint density at radius 1 is 1.05 bits per heavy atom. The van der Waals surface area contributed by atoms with Crippen LogP contribution in [0.1, 0.15) is 26.9 Å². The topological polar surface area (TPSA) is 46.5 Å². The highest BCUT2D eigenvalue weighted by atomic mass is 32.1. The average molecular weight is 308 g/mol. The van der Waals surface area contributed by atoms with Crippen molar-refractivity contribution >= 4 is 17.6 Å². The molecule has 3 aromatic rings. The Labute approximate surface area is 131 Å². The van der Waals surface area contributed by atoms with E-state index in [1.54, 1.807) is 6.07 Å². The highest BCUT2D eigenvalue weighted by Gasteiger charge is 2.32. The maximum absolute atomic E-state index is 11.4. The number of thiophene rings is 1. The van der Waals surface area contributed by atoms with E-state index in [0.717, 1.165) is 22.3 Å².